The first-order chi connectivity index (χ1) is 8.85. The van der Waals surface area contributed by atoms with Gasteiger partial charge in [-0.15, -0.1) is 0 Å². The molecule has 1 heterocycles. The van der Waals surface area contributed by atoms with Crippen LogP contribution >= 0.6 is 0 Å². The number of rotatable bonds is 3. The molecule has 2 aliphatic rings. The lowest BCUT2D eigenvalue weighted by atomic mass is 9.67. The van der Waals surface area contributed by atoms with Gasteiger partial charge < -0.3 is 16.4 Å². The minimum absolute atomic E-state index is 0.00115. The molecule has 4 nitrogen and oxygen atoms in total. The Hall–Kier alpha value is -0.610. The van der Waals surface area contributed by atoms with Crippen molar-refractivity contribution in [2.24, 2.45) is 17.1 Å². The van der Waals surface area contributed by atoms with Crippen molar-refractivity contribution in [1.82, 2.24) is 10.6 Å². The quantitative estimate of drug-likeness (QED) is 0.724. The van der Waals surface area contributed by atoms with Crippen LogP contribution in [0.4, 0.5) is 0 Å². The van der Waals surface area contributed by atoms with E-state index in [-0.39, 0.29) is 28.8 Å². The predicted molar refractivity (Wildman–Crippen MR) is 77.7 cm³/mol. The van der Waals surface area contributed by atoms with Crippen LogP contribution in [0.25, 0.3) is 0 Å². The van der Waals surface area contributed by atoms with Crippen molar-refractivity contribution >= 4 is 5.91 Å². The van der Waals surface area contributed by atoms with Crippen LogP contribution in [-0.2, 0) is 4.79 Å². The summed E-state index contributed by atoms with van der Waals surface area (Å²) < 4.78 is 0. The van der Waals surface area contributed by atoms with E-state index in [1.165, 1.54) is 32.1 Å². The minimum Gasteiger partial charge on any atom is -0.352 e. The molecule has 0 bridgehead atoms. The molecule has 110 valence electrons. The van der Waals surface area contributed by atoms with Crippen molar-refractivity contribution in [3.8, 4) is 0 Å². The molecule has 0 aromatic carbocycles. The van der Waals surface area contributed by atoms with E-state index in [9.17, 15) is 4.79 Å². The third-order valence-corrected chi connectivity index (χ3v) is 5.21. The summed E-state index contributed by atoms with van der Waals surface area (Å²) in [6.45, 7) is 7.74. The Morgan fingerprint density at radius 1 is 1.37 bits per heavy atom. The molecule has 0 aromatic heterocycles. The minimum atomic E-state index is -0.374. The van der Waals surface area contributed by atoms with Crippen LogP contribution in [0.1, 0.15) is 52.9 Å². The molecule has 1 aliphatic carbocycles. The molecule has 0 aromatic rings. The van der Waals surface area contributed by atoms with Gasteiger partial charge in [-0.2, -0.15) is 0 Å². The van der Waals surface area contributed by atoms with Gasteiger partial charge in [0.1, 0.15) is 0 Å². The molecule has 4 heteroatoms. The number of hydrogen-bond donors (Lipinski definition) is 3. The Bertz CT molecular complexity index is 329. The van der Waals surface area contributed by atoms with Gasteiger partial charge in [0.2, 0.25) is 5.91 Å². The average molecular weight is 267 g/mol. The molecular formula is C15H29N3O. The zero-order chi connectivity index (χ0) is 14.1. The highest BCUT2D eigenvalue weighted by atomic mass is 16.2. The van der Waals surface area contributed by atoms with Crippen molar-refractivity contribution < 1.29 is 4.79 Å². The van der Waals surface area contributed by atoms with Gasteiger partial charge in [-0.3, -0.25) is 4.79 Å². The summed E-state index contributed by atoms with van der Waals surface area (Å²) in [5, 5.41) is 6.56. The maximum Gasteiger partial charge on any atom is 0.225 e. The largest absolute Gasteiger partial charge is 0.352 e. The number of carbonyl (C=O) groups is 1. The molecule has 1 saturated heterocycles. The fraction of sp³-hybridized carbons (Fsp3) is 0.933. The van der Waals surface area contributed by atoms with E-state index in [0.29, 0.717) is 0 Å². The van der Waals surface area contributed by atoms with Crippen LogP contribution < -0.4 is 16.4 Å². The molecular weight excluding hydrogens is 238 g/mol. The second-order valence-electron chi connectivity index (χ2n) is 7.16. The van der Waals surface area contributed by atoms with Crippen LogP contribution in [-0.4, -0.2) is 30.6 Å². The zero-order valence-corrected chi connectivity index (χ0v) is 12.6. The van der Waals surface area contributed by atoms with Crippen molar-refractivity contribution in [2.45, 2.75) is 64.5 Å². The highest BCUT2D eigenvalue weighted by molar-refractivity contribution is 5.80. The fourth-order valence-corrected chi connectivity index (χ4v) is 3.46. The molecule has 4 N–H and O–H groups in total. The van der Waals surface area contributed by atoms with E-state index in [0.717, 1.165) is 13.1 Å². The lowest BCUT2D eigenvalue weighted by molar-refractivity contribution is -0.129. The Labute approximate surface area is 116 Å². The molecule has 1 saturated carbocycles. The molecule has 1 aliphatic heterocycles. The van der Waals surface area contributed by atoms with Gasteiger partial charge in [0.15, 0.2) is 0 Å². The van der Waals surface area contributed by atoms with Crippen molar-refractivity contribution in [2.75, 3.05) is 13.1 Å². The van der Waals surface area contributed by atoms with Crippen LogP contribution in [0, 0.1) is 11.3 Å². The number of amides is 1. The van der Waals surface area contributed by atoms with Gasteiger partial charge in [0.05, 0.1) is 5.92 Å². The molecule has 2 atom stereocenters. The number of hydrogen-bond acceptors (Lipinski definition) is 3. The van der Waals surface area contributed by atoms with Crippen LogP contribution in [0.15, 0.2) is 0 Å². The van der Waals surface area contributed by atoms with Gasteiger partial charge in [0, 0.05) is 24.7 Å². The standard InChI is InChI=1S/C15H29N3O/c1-11(14(2,3)16)18-13(19)12-9-17-10-15(12)7-5-4-6-8-15/h11-12,17H,4-10,16H2,1-3H3,(H,18,19). The van der Waals surface area contributed by atoms with E-state index >= 15 is 0 Å². The third-order valence-electron chi connectivity index (χ3n) is 5.21. The van der Waals surface area contributed by atoms with Crippen LogP contribution in [0.2, 0.25) is 0 Å². The predicted octanol–water partition coefficient (Wildman–Crippen LogP) is 1.40. The van der Waals surface area contributed by atoms with E-state index in [2.05, 4.69) is 10.6 Å². The van der Waals surface area contributed by atoms with E-state index < -0.39 is 0 Å². The fourth-order valence-electron chi connectivity index (χ4n) is 3.46. The molecule has 2 unspecified atom stereocenters. The molecule has 2 rings (SSSR count). The van der Waals surface area contributed by atoms with E-state index in [1.54, 1.807) is 0 Å². The second-order valence-corrected chi connectivity index (χ2v) is 7.16. The zero-order valence-electron chi connectivity index (χ0n) is 12.6. The lowest BCUT2D eigenvalue weighted by Crippen LogP contribution is -2.55. The summed E-state index contributed by atoms with van der Waals surface area (Å²) in [5.41, 5.74) is 5.90. The first kappa shape index (κ1) is 14.8. The first-order valence-corrected chi connectivity index (χ1v) is 7.65. The summed E-state index contributed by atoms with van der Waals surface area (Å²) in [7, 11) is 0. The summed E-state index contributed by atoms with van der Waals surface area (Å²) in [6.07, 6.45) is 6.24. The Balaban J connectivity index is 2.02. The van der Waals surface area contributed by atoms with Gasteiger partial charge >= 0.3 is 0 Å². The van der Waals surface area contributed by atoms with Gasteiger partial charge in [-0.25, -0.2) is 0 Å². The van der Waals surface area contributed by atoms with Gasteiger partial charge in [0.25, 0.3) is 0 Å². The summed E-state index contributed by atoms with van der Waals surface area (Å²) in [6, 6.07) is 0.00115. The topological polar surface area (TPSA) is 67.2 Å². The Morgan fingerprint density at radius 2 is 2.00 bits per heavy atom. The Kier molecular flexibility index (Phi) is 4.21. The van der Waals surface area contributed by atoms with Crippen molar-refractivity contribution in [3.63, 3.8) is 0 Å². The summed E-state index contributed by atoms with van der Waals surface area (Å²) in [4.78, 5) is 12.6. The van der Waals surface area contributed by atoms with Crippen molar-refractivity contribution in [3.05, 3.63) is 0 Å². The summed E-state index contributed by atoms with van der Waals surface area (Å²) in [5.74, 6) is 0.315. The smallest absolute Gasteiger partial charge is 0.225 e. The molecule has 2 fully saturated rings. The van der Waals surface area contributed by atoms with E-state index in [4.69, 9.17) is 5.73 Å². The average Bonchev–Trinajstić information content (AvgIpc) is 2.72. The molecule has 0 radical (unpaired) electrons. The second kappa shape index (κ2) is 5.41. The normalized spacial score (nSPS) is 28.3. The molecule has 1 amide bonds. The van der Waals surface area contributed by atoms with E-state index in [1.807, 2.05) is 20.8 Å². The number of nitrogens with two attached hydrogens (primary N) is 1. The third kappa shape index (κ3) is 3.11. The maximum absolute atomic E-state index is 12.6. The number of carbonyl (C=O) groups excluding carboxylic acids is 1. The highest BCUT2D eigenvalue weighted by Crippen LogP contribution is 2.44. The molecule has 19 heavy (non-hydrogen) atoms. The monoisotopic (exact) mass is 267 g/mol. The van der Waals surface area contributed by atoms with Crippen LogP contribution in [0.3, 0.4) is 0 Å². The van der Waals surface area contributed by atoms with Crippen molar-refractivity contribution in [1.29, 1.82) is 0 Å². The highest BCUT2D eigenvalue weighted by Gasteiger charge is 2.47. The van der Waals surface area contributed by atoms with Gasteiger partial charge in [-0.05, 0) is 39.0 Å². The summed E-state index contributed by atoms with van der Waals surface area (Å²) >= 11 is 0. The Morgan fingerprint density at radius 3 is 2.58 bits per heavy atom. The number of nitrogens with one attached hydrogen (secondary N) is 2. The SMILES string of the molecule is CC(NC(=O)C1CNCC12CCCCC2)C(C)(C)N. The lowest BCUT2D eigenvalue weighted by Gasteiger charge is -2.38. The maximum atomic E-state index is 12.6. The molecule has 1 spiro atoms. The van der Waals surface area contributed by atoms with Crippen LogP contribution in [0.5, 0.6) is 0 Å². The first-order valence-electron chi connectivity index (χ1n) is 7.65. The van der Waals surface area contributed by atoms with Gasteiger partial charge in [-0.1, -0.05) is 19.3 Å².